The minimum absolute atomic E-state index is 0.0380. The molecule has 0 spiro atoms. The number of rotatable bonds is 23. The van der Waals surface area contributed by atoms with Gasteiger partial charge in [0.1, 0.15) is 35.4 Å². The normalized spacial score (nSPS) is 18.3. The lowest BCUT2D eigenvalue weighted by Gasteiger charge is -2.39. The minimum Gasteiger partial charge on any atom is -0.497 e. The second-order valence-corrected chi connectivity index (χ2v) is 19.8. The number of nitriles is 2. The fourth-order valence-corrected chi connectivity index (χ4v) is 9.81. The van der Waals surface area contributed by atoms with Gasteiger partial charge < -0.3 is 37.5 Å². The molecule has 1 saturated heterocycles. The molecule has 18 nitrogen and oxygen atoms in total. The summed E-state index contributed by atoms with van der Waals surface area (Å²) in [6.07, 6.45) is -3.82. The van der Waals surface area contributed by atoms with E-state index in [1.165, 1.54) is 10.9 Å². The molecule has 1 aliphatic heterocycles. The Kier molecular flexibility index (Phi) is 18.8. The highest BCUT2D eigenvalue weighted by molar-refractivity contribution is 7.44. The van der Waals surface area contributed by atoms with Crippen molar-refractivity contribution in [2.45, 2.75) is 99.8 Å². The lowest BCUT2D eigenvalue weighted by atomic mass is 9.80. The van der Waals surface area contributed by atoms with Crippen LogP contribution in [0.2, 0.25) is 0 Å². The average Bonchev–Trinajstić information content (AvgIpc) is 3.90. The molecule has 1 aliphatic rings. The molecule has 0 bridgehead atoms. The number of nitrogens with zero attached hydrogens (tertiary/aromatic N) is 6. The van der Waals surface area contributed by atoms with Gasteiger partial charge in [0, 0.05) is 12.1 Å². The Labute approximate surface area is 416 Å². The third-order valence-corrected chi connectivity index (χ3v) is 13.6. The van der Waals surface area contributed by atoms with Gasteiger partial charge in [0.15, 0.2) is 23.7 Å². The zero-order chi connectivity index (χ0) is 49.9. The van der Waals surface area contributed by atoms with Gasteiger partial charge in [-0.1, -0.05) is 89.4 Å². The van der Waals surface area contributed by atoms with Gasteiger partial charge in [-0.2, -0.15) is 15.5 Å². The average molecular weight is 1030 g/mol. The third-order valence-electron chi connectivity index (χ3n) is 10.9. The Morgan fingerprint density at radius 1 is 0.884 bits per heavy atom. The van der Waals surface area contributed by atoms with Gasteiger partial charge >= 0.3 is 0 Å². The maximum Gasteiger partial charge on any atom is 0.280 e. The second kappa shape index (κ2) is 24.3. The van der Waals surface area contributed by atoms with Crippen LogP contribution in [0.4, 0.5) is 5.95 Å². The van der Waals surface area contributed by atoms with Crippen molar-refractivity contribution in [1.82, 2.24) is 24.2 Å². The molecule has 6 rings (SSSR count). The number of benzene rings is 3. The summed E-state index contributed by atoms with van der Waals surface area (Å²) in [4.78, 5) is 37.6. The summed E-state index contributed by atoms with van der Waals surface area (Å²) >= 11 is 17.5. The number of hydrogen-bond acceptors (Lipinski definition) is 15. The minimum atomic E-state index is -2.39. The first-order valence-corrected chi connectivity index (χ1v) is 24.2. The molecular formula is C47H54Cl3N8O10P. The maximum atomic E-state index is 13.5. The Morgan fingerprint density at radius 3 is 2.01 bits per heavy atom. The molecular weight excluding hydrogens is 974 g/mol. The number of amides is 1. The zero-order valence-corrected chi connectivity index (χ0v) is 42.2. The molecule has 3 aromatic carbocycles. The SMILES string of the molecule is COc1ccc(C(OC[C@H]2O[C@@H](n3cnc4c(=O)[nH]c(NC(=O)C(Cl)(Cl)Cl)nc43)[C@H](OC(C)OCCC#N)[C@@H]2OP(OCCC#N)N(C(C)C)C(C)C)(c2ccccc2)c2ccc(OC)cc2)cc1. The first-order valence-electron chi connectivity index (χ1n) is 21.9. The Bertz CT molecular complexity index is 2550. The maximum absolute atomic E-state index is 13.5. The fraction of sp³-hybridized carbons (Fsp3) is 0.447. The molecule has 2 N–H and O–H groups in total. The lowest BCUT2D eigenvalue weighted by Crippen LogP contribution is -2.44. The number of ether oxygens (including phenoxy) is 6. The van der Waals surface area contributed by atoms with Crippen LogP contribution in [0, 0.1) is 22.7 Å². The van der Waals surface area contributed by atoms with Crippen LogP contribution >= 0.6 is 43.3 Å². The highest BCUT2D eigenvalue weighted by Gasteiger charge is 2.52. The number of hydrogen-bond donors (Lipinski definition) is 2. The van der Waals surface area contributed by atoms with Crippen LogP contribution in [0.1, 0.15) is 70.4 Å². The van der Waals surface area contributed by atoms with E-state index in [0.717, 1.165) is 16.7 Å². The predicted octanol–water partition coefficient (Wildman–Crippen LogP) is 8.67. The fourth-order valence-electron chi connectivity index (χ4n) is 7.90. The first kappa shape index (κ1) is 53.4. The van der Waals surface area contributed by atoms with E-state index >= 15 is 0 Å². The summed E-state index contributed by atoms with van der Waals surface area (Å²) in [5.74, 6) is -0.144. The number of carbonyl (C=O) groups excluding carboxylic acids is 1. The first-order chi connectivity index (χ1) is 33.1. The highest BCUT2D eigenvalue weighted by atomic mass is 35.6. The van der Waals surface area contributed by atoms with Crippen molar-refractivity contribution in [2.24, 2.45) is 0 Å². The number of fused-ring (bicyclic) bond motifs is 1. The highest BCUT2D eigenvalue weighted by Crippen LogP contribution is 2.52. The molecule has 1 amide bonds. The third kappa shape index (κ3) is 12.7. The van der Waals surface area contributed by atoms with Gasteiger partial charge in [0.05, 0.1) is 65.3 Å². The van der Waals surface area contributed by atoms with Crippen LogP contribution in [-0.4, -0.2) is 105 Å². The van der Waals surface area contributed by atoms with Crippen molar-refractivity contribution >= 4 is 66.3 Å². The van der Waals surface area contributed by atoms with E-state index in [2.05, 4.69) is 37.1 Å². The van der Waals surface area contributed by atoms with Crippen LogP contribution in [0.3, 0.4) is 0 Å². The van der Waals surface area contributed by atoms with Gasteiger partial charge in [-0.25, -0.2) is 9.65 Å². The summed E-state index contributed by atoms with van der Waals surface area (Å²) < 4.78 is 53.1. The molecule has 0 radical (unpaired) electrons. The number of aromatic nitrogens is 4. The van der Waals surface area contributed by atoms with Crippen molar-refractivity contribution < 1.29 is 42.3 Å². The van der Waals surface area contributed by atoms with Crippen LogP contribution in [-0.2, 0) is 38.4 Å². The van der Waals surface area contributed by atoms with Gasteiger partial charge in [-0.15, -0.1) is 0 Å². The number of alkyl halides is 3. The van der Waals surface area contributed by atoms with E-state index in [4.69, 9.17) is 72.3 Å². The number of anilines is 1. The monoisotopic (exact) mass is 1030 g/mol. The standard InChI is InChI=1S/C47H54Cl3N8O10P/c1-29(2)58(30(3)4)69(65-26-12-24-52)68-39-37(27-64-46(32-13-9-8-10-14-32,33-15-19-35(61-6)20-16-33)34-17-21-36(62-7)22-18-34)67-43(40(39)66-31(5)63-25-11-23-51)57-28-53-38-41(57)54-45(55-42(38)59)56-44(60)47(48,49)50/h8-10,13-22,28-31,37,39-40,43H,11-12,25-27H2,1-7H3,(H2,54,55,56,59,60)/t31?,37-,39-,40-,43-,69?/m1/s1. The van der Waals surface area contributed by atoms with Gasteiger partial charge in [-0.3, -0.25) is 24.5 Å². The number of aromatic amines is 1. The van der Waals surface area contributed by atoms with Crippen LogP contribution in [0.5, 0.6) is 11.5 Å². The van der Waals surface area contributed by atoms with Gasteiger partial charge in [0.2, 0.25) is 5.95 Å². The molecule has 0 saturated carbocycles. The van der Waals surface area contributed by atoms with Gasteiger partial charge in [0.25, 0.3) is 23.8 Å². The number of halogens is 3. The van der Waals surface area contributed by atoms with E-state index in [-0.39, 0.29) is 61.9 Å². The predicted molar refractivity (Wildman–Crippen MR) is 260 cm³/mol. The number of H-pyrrole nitrogens is 1. The molecule has 2 unspecified atom stereocenters. The van der Waals surface area contributed by atoms with Crippen molar-refractivity contribution in [1.29, 1.82) is 10.5 Å². The quantitative estimate of drug-likeness (QED) is 0.0206. The Morgan fingerprint density at radius 2 is 1.46 bits per heavy atom. The van der Waals surface area contributed by atoms with E-state index in [0.29, 0.717) is 11.5 Å². The molecule has 6 atom stereocenters. The number of imidazole rings is 1. The smallest absolute Gasteiger partial charge is 0.280 e. The van der Waals surface area contributed by atoms with Crippen LogP contribution in [0.25, 0.3) is 11.2 Å². The van der Waals surface area contributed by atoms with E-state index in [1.807, 2.05) is 107 Å². The zero-order valence-electron chi connectivity index (χ0n) is 39.0. The number of carbonyl (C=O) groups is 1. The lowest BCUT2D eigenvalue weighted by molar-refractivity contribution is -0.190. The molecule has 5 aromatic rings. The topological polar surface area (TPSA) is 217 Å². The molecule has 69 heavy (non-hydrogen) atoms. The van der Waals surface area contributed by atoms with Crippen molar-refractivity contribution in [3.63, 3.8) is 0 Å². The Balaban J connectivity index is 1.56. The van der Waals surface area contributed by atoms with Crippen LogP contribution < -0.4 is 20.3 Å². The van der Waals surface area contributed by atoms with E-state index in [9.17, 15) is 20.1 Å². The number of methoxy groups -OCH3 is 2. The molecule has 2 aromatic heterocycles. The van der Waals surface area contributed by atoms with E-state index in [1.54, 1.807) is 21.1 Å². The van der Waals surface area contributed by atoms with E-state index < -0.39 is 60.2 Å². The summed E-state index contributed by atoms with van der Waals surface area (Å²) in [5, 5.41) is 21.2. The largest absolute Gasteiger partial charge is 0.497 e. The summed E-state index contributed by atoms with van der Waals surface area (Å²) in [6.45, 7) is 9.65. The molecule has 22 heteroatoms. The van der Waals surface area contributed by atoms with Crippen molar-refractivity contribution in [3.05, 3.63) is 112 Å². The number of nitrogens with one attached hydrogen (secondary N) is 2. The second-order valence-electron chi connectivity index (χ2n) is 16.1. The van der Waals surface area contributed by atoms with Crippen molar-refractivity contribution in [2.75, 3.05) is 39.4 Å². The van der Waals surface area contributed by atoms with Crippen LogP contribution in [0.15, 0.2) is 90.0 Å². The summed E-state index contributed by atoms with van der Waals surface area (Å²) in [5.41, 5.74) is 0.0957. The Hall–Kier alpha value is -4.92. The molecule has 3 heterocycles. The van der Waals surface area contributed by atoms with Crippen molar-refractivity contribution in [3.8, 4) is 23.6 Å². The summed E-state index contributed by atoms with van der Waals surface area (Å²) in [6, 6.07) is 28.9. The molecule has 368 valence electrons. The molecule has 1 fully saturated rings. The summed E-state index contributed by atoms with van der Waals surface area (Å²) in [7, 11) is 1.22. The molecule has 0 aliphatic carbocycles. The van der Waals surface area contributed by atoms with Gasteiger partial charge in [-0.05, 0) is 75.6 Å².